The van der Waals surface area contributed by atoms with E-state index in [4.69, 9.17) is 0 Å². The minimum atomic E-state index is -1.23. The fourth-order valence-corrected chi connectivity index (χ4v) is 1.72. The van der Waals surface area contributed by atoms with E-state index in [9.17, 15) is 14.3 Å². The molecule has 1 aromatic rings. The minimum absolute atomic E-state index is 0.0554. The van der Waals surface area contributed by atoms with Gasteiger partial charge in [0, 0.05) is 0 Å². The van der Waals surface area contributed by atoms with Crippen LogP contribution in [-0.2, 0) is 11.2 Å². The van der Waals surface area contributed by atoms with Gasteiger partial charge in [0.1, 0.15) is 11.9 Å². The summed E-state index contributed by atoms with van der Waals surface area (Å²) in [5.74, 6) is -1.66. The molecule has 100 valence electrons. The van der Waals surface area contributed by atoms with Crippen molar-refractivity contribution in [3.05, 3.63) is 17.8 Å². The van der Waals surface area contributed by atoms with Crippen LogP contribution in [0.2, 0.25) is 0 Å². The van der Waals surface area contributed by atoms with E-state index in [2.05, 4.69) is 15.3 Å². The average molecular weight is 255 g/mol. The highest BCUT2D eigenvalue weighted by molar-refractivity contribution is 5.81. The summed E-state index contributed by atoms with van der Waals surface area (Å²) in [5.41, 5.74) is -0.952. The summed E-state index contributed by atoms with van der Waals surface area (Å²) >= 11 is 0. The van der Waals surface area contributed by atoms with Crippen LogP contribution in [0.1, 0.15) is 39.3 Å². The number of anilines is 1. The van der Waals surface area contributed by atoms with Gasteiger partial charge in [-0.15, -0.1) is 0 Å². The number of carboxylic acids is 1. The van der Waals surface area contributed by atoms with Gasteiger partial charge in [-0.3, -0.25) is 0 Å². The second kappa shape index (κ2) is 5.75. The topological polar surface area (TPSA) is 75.1 Å². The lowest BCUT2D eigenvalue weighted by atomic mass is 9.96. The Morgan fingerprint density at radius 1 is 1.50 bits per heavy atom. The number of aliphatic carboxylic acids is 1. The van der Waals surface area contributed by atoms with Crippen molar-refractivity contribution in [3.8, 4) is 0 Å². The molecule has 0 fully saturated rings. The first kappa shape index (κ1) is 14.3. The lowest BCUT2D eigenvalue weighted by Crippen LogP contribution is -2.43. The van der Waals surface area contributed by atoms with Crippen LogP contribution in [0.5, 0.6) is 0 Å². The predicted octanol–water partition coefficient (Wildman–Crippen LogP) is 2.23. The highest BCUT2D eigenvalue weighted by Gasteiger charge is 2.33. The van der Waals surface area contributed by atoms with Gasteiger partial charge in [-0.05, 0) is 19.8 Å². The van der Waals surface area contributed by atoms with Crippen molar-refractivity contribution in [2.75, 3.05) is 5.32 Å². The largest absolute Gasteiger partial charge is 0.480 e. The SMILES string of the molecule is CCCC(C)(Nc1ncnc(CC)c1F)C(=O)O. The molecule has 5 nitrogen and oxygen atoms in total. The van der Waals surface area contributed by atoms with Gasteiger partial charge in [0.15, 0.2) is 11.6 Å². The van der Waals surface area contributed by atoms with Crippen molar-refractivity contribution in [2.24, 2.45) is 0 Å². The maximum Gasteiger partial charge on any atom is 0.329 e. The van der Waals surface area contributed by atoms with Gasteiger partial charge in [-0.1, -0.05) is 20.3 Å². The van der Waals surface area contributed by atoms with Crippen molar-refractivity contribution in [2.45, 2.75) is 45.6 Å². The van der Waals surface area contributed by atoms with Gasteiger partial charge in [0.25, 0.3) is 0 Å². The standard InChI is InChI=1S/C12H18FN3O2/c1-4-6-12(3,11(17)18)16-10-9(13)8(5-2)14-7-15-10/h7H,4-6H2,1-3H3,(H,17,18)(H,14,15,16). The molecule has 1 rings (SSSR count). The van der Waals surface area contributed by atoms with Crippen LogP contribution in [-0.4, -0.2) is 26.6 Å². The molecular formula is C12H18FN3O2. The predicted molar refractivity (Wildman–Crippen MR) is 65.9 cm³/mol. The molecule has 1 unspecified atom stereocenters. The third-order valence-corrected chi connectivity index (χ3v) is 2.81. The summed E-state index contributed by atoms with van der Waals surface area (Å²) < 4.78 is 13.9. The Labute approximate surface area is 105 Å². The fraction of sp³-hybridized carbons (Fsp3) is 0.583. The molecule has 18 heavy (non-hydrogen) atoms. The molecular weight excluding hydrogens is 237 g/mol. The van der Waals surface area contributed by atoms with Gasteiger partial charge in [-0.2, -0.15) is 0 Å². The second-order valence-corrected chi connectivity index (χ2v) is 4.35. The number of hydrogen-bond acceptors (Lipinski definition) is 4. The van der Waals surface area contributed by atoms with Gasteiger partial charge in [0.05, 0.1) is 5.69 Å². The number of aryl methyl sites for hydroxylation is 1. The van der Waals surface area contributed by atoms with E-state index in [0.717, 1.165) is 0 Å². The number of nitrogens with one attached hydrogen (secondary N) is 1. The number of rotatable bonds is 6. The number of nitrogens with zero attached hydrogens (tertiary/aromatic N) is 2. The lowest BCUT2D eigenvalue weighted by molar-refractivity contribution is -0.142. The average Bonchev–Trinajstić information content (AvgIpc) is 2.32. The van der Waals surface area contributed by atoms with E-state index in [1.54, 1.807) is 6.92 Å². The van der Waals surface area contributed by atoms with E-state index in [1.807, 2.05) is 6.92 Å². The Hall–Kier alpha value is -1.72. The third-order valence-electron chi connectivity index (χ3n) is 2.81. The Balaban J connectivity index is 3.05. The van der Waals surface area contributed by atoms with Crippen LogP contribution in [0.25, 0.3) is 0 Å². The van der Waals surface area contributed by atoms with Gasteiger partial charge >= 0.3 is 5.97 Å². The Morgan fingerprint density at radius 3 is 2.67 bits per heavy atom. The third kappa shape index (κ3) is 2.94. The van der Waals surface area contributed by atoms with Crippen LogP contribution in [0.3, 0.4) is 0 Å². The normalized spacial score (nSPS) is 14.0. The zero-order chi connectivity index (χ0) is 13.8. The monoisotopic (exact) mass is 255 g/mol. The van der Waals surface area contributed by atoms with Gasteiger partial charge in [0.2, 0.25) is 0 Å². The fourth-order valence-electron chi connectivity index (χ4n) is 1.72. The van der Waals surface area contributed by atoms with E-state index in [0.29, 0.717) is 19.3 Å². The van der Waals surface area contributed by atoms with Crippen molar-refractivity contribution in [1.82, 2.24) is 9.97 Å². The smallest absolute Gasteiger partial charge is 0.329 e. The number of carbonyl (C=O) groups is 1. The second-order valence-electron chi connectivity index (χ2n) is 4.35. The zero-order valence-electron chi connectivity index (χ0n) is 10.8. The van der Waals surface area contributed by atoms with Gasteiger partial charge in [-0.25, -0.2) is 19.2 Å². The van der Waals surface area contributed by atoms with Crippen molar-refractivity contribution in [3.63, 3.8) is 0 Å². The Kier molecular flexibility index (Phi) is 4.58. The minimum Gasteiger partial charge on any atom is -0.480 e. The molecule has 0 spiro atoms. The van der Waals surface area contributed by atoms with E-state index in [-0.39, 0.29) is 11.5 Å². The first-order valence-corrected chi connectivity index (χ1v) is 5.95. The van der Waals surface area contributed by atoms with Crippen LogP contribution in [0.15, 0.2) is 6.33 Å². The number of aromatic nitrogens is 2. The number of halogens is 1. The molecule has 0 saturated carbocycles. The summed E-state index contributed by atoms with van der Waals surface area (Å²) in [6, 6.07) is 0. The van der Waals surface area contributed by atoms with Crippen LogP contribution in [0.4, 0.5) is 10.2 Å². The van der Waals surface area contributed by atoms with Crippen molar-refractivity contribution < 1.29 is 14.3 Å². The molecule has 2 N–H and O–H groups in total. The molecule has 0 aliphatic heterocycles. The van der Waals surface area contributed by atoms with E-state index >= 15 is 0 Å². The van der Waals surface area contributed by atoms with Crippen LogP contribution >= 0.6 is 0 Å². The van der Waals surface area contributed by atoms with Crippen LogP contribution in [0, 0.1) is 5.82 Å². The van der Waals surface area contributed by atoms with Crippen molar-refractivity contribution in [1.29, 1.82) is 0 Å². The quantitative estimate of drug-likeness (QED) is 0.815. The summed E-state index contributed by atoms with van der Waals surface area (Å²) in [5, 5.41) is 11.9. The molecule has 0 aliphatic rings. The molecule has 1 atom stereocenters. The van der Waals surface area contributed by atoms with E-state index < -0.39 is 17.3 Å². The molecule has 0 amide bonds. The lowest BCUT2D eigenvalue weighted by Gasteiger charge is -2.26. The molecule has 1 heterocycles. The summed E-state index contributed by atoms with van der Waals surface area (Å²) in [4.78, 5) is 18.8. The van der Waals surface area contributed by atoms with Crippen LogP contribution < -0.4 is 5.32 Å². The molecule has 0 radical (unpaired) electrons. The van der Waals surface area contributed by atoms with Gasteiger partial charge < -0.3 is 10.4 Å². The summed E-state index contributed by atoms with van der Waals surface area (Å²) in [6.07, 6.45) is 2.72. The first-order chi connectivity index (χ1) is 8.44. The molecule has 0 bridgehead atoms. The number of carboxylic acid groups (broad SMARTS) is 1. The highest BCUT2D eigenvalue weighted by Crippen LogP contribution is 2.22. The number of hydrogen-bond donors (Lipinski definition) is 2. The zero-order valence-corrected chi connectivity index (χ0v) is 10.8. The van der Waals surface area contributed by atoms with Crippen molar-refractivity contribution >= 4 is 11.8 Å². The summed E-state index contributed by atoms with van der Waals surface area (Å²) in [7, 11) is 0. The molecule has 6 heteroatoms. The maximum absolute atomic E-state index is 13.9. The molecule has 0 aliphatic carbocycles. The molecule has 1 aromatic heterocycles. The summed E-state index contributed by atoms with van der Waals surface area (Å²) in [6.45, 7) is 5.17. The maximum atomic E-state index is 13.9. The molecule has 0 saturated heterocycles. The highest BCUT2D eigenvalue weighted by atomic mass is 19.1. The van der Waals surface area contributed by atoms with E-state index in [1.165, 1.54) is 13.3 Å². The Bertz CT molecular complexity index is 439. The first-order valence-electron chi connectivity index (χ1n) is 5.95. The molecule has 0 aromatic carbocycles. The Morgan fingerprint density at radius 2 is 2.17 bits per heavy atom.